The molecule has 31 heavy (non-hydrogen) atoms. The lowest BCUT2D eigenvalue weighted by Gasteiger charge is -2.09. The van der Waals surface area contributed by atoms with Gasteiger partial charge in [-0.1, -0.05) is 5.92 Å². The number of hydrogen-bond donors (Lipinski definition) is 1. The van der Waals surface area contributed by atoms with Crippen molar-refractivity contribution in [2.24, 2.45) is 0 Å². The van der Waals surface area contributed by atoms with E-state index in [2.05, 4.69) is 31.8 Å². The number of aromatic amines is 1. The normalized spacial score (nSPS) is 15.5. The molecule has 0 atom stereocenters. The summed E-state index contributed by atoms with van der Waals surface area (Å²) in [6.07, 6.45) is 4.80. The first-order valence-electron chi connectivity index (χ1n) is 9.95. The first kappa shape index (κ1) is 19.2. The second-order valence-corrected chi connectivity index (χ2v) is 7.54. The van der Waals surface area contributed by atoms with Crippen LogP contribution in [-0.4, -0.2) is 35.0 Å². The van der Waals surface area contributed by atoms with E-state index < -0.39 is 12.0 Å². The van der Waals surface area contributed by atoms with Gasteiger partial charge < -0.3 is 9.72 Å². The Morgan fingerprint density at radius 3 is 2.52 bits per heavy atom. The highest BCUT2D eigenvalue weighted by atomic mass is 19.1. The first-order valence-corrected chi connectivity index (χ1v) is 9.95. The molecular formula is C20H17FN6O4. The number of nitrogens with one attached hydrogen (secondary N) is 1. The molecule has 0 saturated heterocycles. The van der Waals surface area contributed by atoms with Crippen molar-refractivity contribution in [3.8, 4) is 17.6 Å². The number of carbonyl (C=O) groups is 1. The van der Waals surface area contributed by atoms with Gasteiger partial charge in [0.2, 0.25) is 0 Å². The average molecular weight is 424 g/mol. The third kappa shape index (κ3) is 3.84. The molecule has 10 nitrogen and oxygen atoms in total. The van der Waals surface area contributed by atoms with Crippen LogP contribution in [0.15, 0.2) is 22.0 Å². The molecule has 2 aliphatic rings. The molecule has 2 fully saturated rings. The molecule has 3 heterocycles. The van der Waals surface area contributed by atoms with Crippen LogP contribution in [-0.2, 0) is 4.79 Å². The smallest absolute Gasteiger partial charge is 0.333 e. The minimum absolute atomic E-state index is 0.00806. The van der Waals surface area contributed by atoms with Gasteiger partial charge in [-0.25, -0.2) is 19.7 Å². The number of H-pyrrole nitrogens is 1. The molecule has 0 unspecified atom stereocenters. The Kier molecular flexibility index (Phi) is 4.62. The van der Waals surface area contributed by atoms with Crippen molar-refractivity contribution in [3.63, 3.8) is 0 Å². The quantitative estimate of drug-likeness (QED) is 0.371. The first-order chi connectivity index (χ1) is 15.0. The lowest BCUT2D eigenvalue weighted by molar-refractivity contribution is -0.134. The summed E-state index contributed by atoms with van der Waals surface area (Å²) in [6, 6.07) is 0.0275. The molecule has 158 valence electrons. The molecule has 3 aromatic rings. The summed E-state index contributed by atoms with van der Waals surface area (Å²) in [7, 11) is 0. The lowest BCUT2D eigenvalue weighted by atomic mass is 10.3. The molecule has 1 N–H and O–H groups in total. The van der Waals surface area contributed by atoms with Crippen LogP contribution >= 0.6 is 0 Å². The van der Waals surface area contributed by atoms with Gasteiger partial charge in [0, 0.05) is 18.5 Å². The van der Waals surface area contributed by atoms with Crippen LogP contribution in [0.4, 0.5) is 4.39 Å². The van der Waals surface area contributed by atoms with Crippen LogP contribution in [0.25, 0.3) is 11.2 Å². The number of halogens is 1. The van der Waals surface area contributed by atoms with Crippen LogP contribution < -0.4 is 16.0 Å². The monoisotopic (exact) mass is 424 g/mol. The van der Waals surface area contributed by atoms with E-state index in [1.165, 1.54) is 4.57 Å². The average Bonchev–Trinajstić information content (AvgIpc) is 3.67. The molecule has 2 saturated carbocycles. The number of fused-ring (bicyclic) bond motifs is 1. The number of ether oxygens (including phenoxy) is 1. The molecule has 0 aromatic carbocycles. The van der Waals surface area contributed by atoms with Crippen molar-refractivity contribution >= 4 is 17.1 Å². The fourth-order valence-electron chi connectivity index (χ4n) is 3.32. The zero-order valence-corrected chi connectivity index (χ0v) is 16.3. The molecule has 11 heteroatoms. The van der Waals surface area contributed by atoms with Crippen molar-refractivity contribution in [2.45, 2.75) is 50.6 Å². The highest BCUT2D eigenvalue weighted by Crippen LogP contribution is 2.36. The van der Waals surface area contributed by atoms with Gasteiger partial charge in [0.25, 0.3) is 5.56 Å². The van der Waals surface area contributed by atoms with Gasteiger partial charge in [0.15, 0.2) is 22.7 Å². The molecule has 3 aromatic heterocycles. The highest BCUT2D eigenvalue weighted by Gasteiger charge is 2.34. The van der Waals surface area contributed by atoms with Crippen LogP contribution in [0.2, 0.25) is 0 Å². The maximum absolute atomic E-state index is 12.8. The number of hydrogen-bond acceptors (Lipinski definition) is 7. The number of esters is 1. The van der Waals surface area contributed by atoms with E-state index in [1.807, 2.05) is 0 Å². The fourth-order valence-corrected chi connectivity index (χ4v) is 3.32. The molecule has 0 amide bonds. The minimum Gasteiger partial charge on any atom is -0.423 e. The van der Waals surface area contributed by atoms with Crippen LogP contribution in [0.1, 0.15) is 56.4 Å². The standard InChI is InChI=1S/C20H17FN6O4/c21-19-22-9-13(10-23-19)31-15(28)4-2-1-3-14-24-16-17(25-14)26(11-5-6-11)20(30)27(18(16)29)12-7-8-12/h9-12H,2,4-8H2,(H,24,25). The van der Waals surface area contributed by atoms with E-state index in [0.717, 1.165) is 38.1 Å². The largest absolute Gasteiger partial charge is 0.423 e. The van der Waals surface area contributed by atoms with Gasteiger partial charge in [-0.15, -0.1) is 0 Å². The number of imidazole rings is 1. The van der Waals surface area contributed by atoms with Gasteiger partial charge in [-0.2, -0.15) is 4.39 Å². The van der Waals surface area contributed by atoms with Gasteiger partial charge in [-0.3, -0.25) is 18.7 Å². The number of aromatic nitrogens is 6. The van der Waals surface area contributed by atoms with Crippen molar-refractivity contribution in [2.75, 3.05) is 0 Å². The van der Waals surface area contributed by atoms with Crippen LogP contribution in [0.3, 0.4) is 0 Å². The predicted molar refractivity (Wildman–Crippen MR) is 105 cm³/mol. The Balaban J connectivity index is 1.33. The molecule has 0 radical (unpaired) electrons. The van der Waals surface area contributed by atoms with E-state index in [9.17, 15) is 18.8 Å². The Bertz CT molecular complexity index is 1350. The Morgan fingerprint density at radius 2 is 1.84 bits per heavy atom. The van der Waals surface area contributed by atoms with Crippen molar-refractivity contribution in [3.05, 3.63) is 45.1 Å². The minimum atomic E-state index is -0.910. The maximum atomic E-state index is 12.8. The van der Waals surface area contributed by atoms with E-state index in [0.29, 0.717) is 5.65 Å². The summed E-state index contributed by atoms with van der Waals surface area (Å²) in [6.45, 7) is 0. The second-order valence-electron chi connectivity index (χ2n) is 7.54. The summed E-state index contributed by atoms with van der Waals surface area (Å²) in [5.41, 5.74) is -0.0705. The number of rotatable bonds is 5. The van der Waals surface area contributed by atoms with E-state index in [4.69, 9.17) is 4.74 Å². The van der Waals surface area contributed by atoms with Gasteiger partial charge in [0.1, 0.15) is 0 Å². The summed E-state index contributed by atoms with van der Waals surface area (Å²) >= 11 is 0. The summed E-state index contributed by atoms with van der Waals surface area (Å²) in [4.78, 5) is 51.3. The van der Waals surface area contributed by atoms with Crippen LogP contribution in [0.5, 0.6) is 5.75 Å². The number of nitrogens with zero attached hydrogens (tertiary/aromatic N) is 5. The Morgan fingerprint density at radius 1 is 1.16 bits per heavy atom. The van der Waals surface area contributed by atoms with Gasteiger partial charge in [-0.05, 0) is 31.6 Å². The Hall–Kier alpha value is -3.81. The molecule has 0 bridgehead atoms. The predicted octanol–water partition coefficient (Wildman–Crippen LogP) is 1.22. The fraction of sp³-hybridized carbons (Fsp3) is 0.400. The molecular weight excluding hydrogens is 407 g/mol. The van der Waals surface area contributed by atoms with Gasteiger partial charge >= 0.3 is 17.7 Å². The number of carbonyl (C=O) groups excluding carboxylic acids is 1. The van der Waals surface area contributed by atoms with Crippen LogP contribution in [0, 0.1) is 17.9 Å². The molecule has 5 rings (SSSR count). The van der Waals surface area contributed by atoms with E-state index in [1.54, 1.807) is 4.57 Å². The molecule has 0 aliphatic heterocycles. The van der Waals surface area contributed by atoms with E-state index in [-0.39, 0.29) is 53.3 Å². The molecule has 2 aliphatic carbocycles. The zero-order valence-electron chi connectivity index (χ0n) is 16.3. The summed E-state index contributed by atoms with van der Waals surface area (Å²) in [5, 5.41) is 0. The lowest BCUT2D eigenvalue weighted by Crippen LogP contribution is -2.39. The van der Waals surface area contributed by atoms with E-state index >= 15 is 0 Å². The van der Waals surface area contributed by atoms with Crippen molar-refractivity contribution < 1.29 is 13.9 Å². The molecule has 0 spiro atoms. The summed E-state index contributed by atoms with van der Waals surface area (Å²) in [5.74, 6) is 5.34. The third-order valence-corrected chi connectivity index (χ3v) is 5.07. The van der Waals surface area contributed by atoms with Crippen molar-refractivity contribution in [1.82, 2.24) is 29.1 Å². The summed E-state index contributed by atoms with van der Waals surface area (Å²) < 4.78 is 20.6. The SMILES string of the molecule is O=C(CCC#Cc1nc2c([nH]1)c(=O)n(C1CC1)c(=O)n2C1CC1)Oc1cnc(F)nc1. The highest BCUT2D eigenvalue weighted by molar-refractivity contribution is 5.73. The maximum Gasteiger partial charge on any atom is 0.333 e. The Labute approximate surface area is 174 Å². The third-order valence-electron chi connectivity index (χ3n) is 5.07. The van der Waals surface area contributed by atoms with Crippen molar-refractivity contribution in [1.29, 1.82) is 0 Å². The topological polar surface area (TPSA) is 125 Å². The second kappa shape index (κ2) is 7.46. The van der Waals surface area contributed by atoms with Gasteiger partial charge in [0.05, 0.1) is 18.8 Å². The zero-order chi connectivity index (χ0) is 21.5.